The summed E-state index contributed by atoms with van der Waals surface area (Å²) in [7, 11) is 0. The Kier molecular flexibility index (Phi) is 4.44. The Morgan fingerprint density at radius 3 is 1.57 bits per heavy atom. The van der Waals surface area contributed by atoms with Gasteiger partial charge in [-0.25, -0.2) is 0 Å². The summed E-state index contributed by atoms with van der Waals surface area (Å²) in [5.74, 6) is 0.408. The molecule has 0 fully saturated rings. The Bertz CT molecular complexity index is 1700. The smallest absolute Gasteiger partial charge is 0.00735 e. The minimum absolute atomic E-state index is 0.408. The van der Waals surface area contributed by atoms with Crippen molar-refractivity contribution in [3.8, 4) is 33.4 Å². The van der Waals surface area contributed by atoms with E-state index in [2.05, 4.69) is 129 Å². The van der Waals surface area contributed by atoms with Crippen LogP contribution in [0.15, 0.2) is 115 Å². The summed E-state index contributed by atoms with van der Waals surface area (Å²) in [4.78, 5) is 0. The average Bonchev–Trinajstić information content (AvgIpc) is 3.19. The SMILES string of the molecule is Cc1ccc(-c2c3ccccc3c(-c3ccc4c(c3)C(C)c3ccccc3-4)c3ccccc23)cc1. The zero-order chi connectivity index (χ0) is 23.5. The first-order chi connectivity index (χ1) is 17.2. The van der Waals surface area contributed by atoms with Crippen molar-refractivity contribution in [1.82, 2.24) is 0 Å². The van der Waals surface area contributed by atoms with Crippen molar-refractivity contribution >= 4 is 21.5 Å². The van der Waals surface area contributed by atoms with Crippen LogP contribution in [0.5, 0.6) is 0 Å². The molecule has 0 aliphatic heterocycles. The minimum atomic E-state index is 0.408. The van der Waals surface area contributed by atoms with Crippen molar-refractivity contribution in [2.45, 2.75) is 19.8 Å². The molecule has 1 atom stereocenters. The molecule has 0 N–H and O–H groups in total. The van der Waals surface area contributed by atoms with Crippen LogP contribution >= 0.6 is 0 Å². The van der Waals surface area contributed by atoms with Gasteiger partial charge < -0.3 is 0 Å². The molecule has 6 aromatic rings. The fraction of sp³-hybridized carbons (Fsp3) is 0.0857. The largest absolute Gasteiger partial charge is 0.0619 e. The van der Waals surface area contributed by atoms with E-state index in [1.54, 1.807) is 0 Å². The van der Waals surface area contributed by atoms with Crippen LogP contribution < -0.4 is 0 Å². The average molecular weight is 447 g/mol. The summed E-state index contributed by atoms with van der Waals surface area (Å²) < 4.78 is 0. The van der Waals surface area contributed by atoms with E-state index < -0.39 is 0 Å². The molecule has 35 heavy (non-hydrogen) atoms. The normalized spacial score (nSPS) is 14.3. The molecule has 0 nitrogen and oxygen atoms in total. The van der Waals surface area contributed by atoms with Crippen molar-refractivity contribution in [2.75, 3.05) is 0 Å². The lowest BCUT2D eigenvalue weighted by molar-refractivity contribution is 0.957. The van der Waals surface area contributed by atoms with Crippen LogP contribution in [-0.4, -0.2) is 0 Å². The Morgan fingerprint density at radius 1 is 0.457 bits per heavy atom. The molecule has 1 aliphatic carbocycles. The molecule has 0 heterocycles. The molecule has 0 amide bonds. The lowest BCUT2D eigenvalue weighted by Crippen LogP contribution is -1.93. The number of aryl methyl sites for hydroxylation is 1. The zero-order valence-electron chi connectivity index (χ0n) is 20.0. The van der Waals surface area contributed by atoms with Gasteiger partial charge in [0.1, 0.15) is 0 Å². The highest BCUT2D eigenvalue weighted by Crippen LogP contribution is 2.48. The maximum atomic E-state index is 2.44. The molecule has 0 spiro atoms. The second-order valence-electron chi connectivity index (χ2n) is 9.82. The summed E-state index contributed by atoms with van der Waals surface area (Å²) in [6, 6.07) is 42.7. The Balaban J connectivity index is 1.55. The van der Waals surface area contributed by atoms with Gasteiger partial charge in [0, 0.05) is 5.92 Å². The van der Waals surface area contributed by atoms with E-state index in [0.29, 0.717) is 5.92 Å². The van der Waals surface area contributed by atoms with Crippen LogP contribution in [0.3, 0.4) is 0 Å². The monoisotopic (exact) mass is 446 g/mol. The third-order valence-electron chi connectivity index (χ3n) is 7.80. The van der Waals surface area contributed by atoms with Gasteiger partial charge in [0.2, 0.25) is 0 Å². The zero-order valence-corrected chi connectivity index (χ0v) is 20.0. The number of hydrogen-bond donors (Lipinski definition) is 0. The fourth-order valence-corrected chi connectivity index (χ4v) is 6.08. The lowest BCUT2D eigenvalue weighted by Gasteiger charge is -2.18. The van der Waals surface area contributed by atoms with Gasteiger partial charge in [-0.1, -0.05) is 122 Å². The molecule has 0 saturated carbocycles. The van der Waals surface area contributed by atoms with Crippen molar-refractivity contribution < 1.29 is 0 Å². The highest BCUT2D eigenvalue weighted by molar-refractivity contribution is 6.21. The first kappa shape index (κ1) is 20.2. The second kappa shape index (κ2) is 7.68. The van der Waals surface area contributed by atoms with Crippen LogP contribution in [0.4, 0.5) is 0 Å². The lowest BCUT2D eigenvalue weighted by atomic mass is 9.85. The van der Waals surface area contributed by atoms with E-state index in [4.69, 9.17) is 0 Å². The third-order valence-corrected chi connectivity index (χ3v) is 7.80. The standard InChI is InChI=1S/C35H26/c1-22-15-17-24(18-16-22)34-29-11-5-7-13-31(29)35(32-14-8-6-12-30(32)34)25-19-20-28-27-10-4-3-9-26(27)23(2)33(28)21-25/h3-21,23H,1-2H3. The quantitative estimate of drug-likeness (QED) is 0.232. The third kappa shape index (κ3) is 3.00. The van der Waals surface area contributed by atoms with Crippen LogP contribution in [0, 0.1) is 6.92 Å². The predicted octanol–water partition coefficient (Wildman–Crippen LogP) is 9.77. The van der Waals surface area contributed by atoms with Crippen LogP contribution in [-0.2, 0) is 0 Å². The van der Waals surface area contributed by atoms with Gasteiger partial charge in [0.05, 0.1) is 0 Å². The molecular formula is C35H26. The Labute approximate surface area is 206 Å². The maximum absolute atomic E-state index is 2.44. The molecule has 0 heteroatoms. The summed E-state index contributed by atoms with van der Waals surface area (Å²) in [6.07, 6.45) is 0. The topological polar surface area (TPSA) is 0 Å². The van der Waals surface area contributed by atoms with E-state index in [1.807, 2.05) is 0 Å². The van der Waals surface area contributed by atoms with Crippen molar-refractivity contribution in [1.29, 1.82) is 0 Å². The van der Waals surface area contributed by atoms with Crippen LogP contribution in [0.1, 0.15) is 29.5 Å². The predicted molar refractivity (Wildman–Crippen MR) is 150 cm³/mol. The maximum Gasteiger partial charge on any atom is 0.00735 e. The van der Waals surface area contributed by atoms with E-state index in [1.165, 1.54) is 71.6 Å². The molecule has 0 saturated heterocycles. The first-order valence-electron chi connectivity index (χ1n) is 12.4. The minimum Gasteiger partial charge on any atom is -0.0619 e. The molecule has 0 radical (unpaired) electrons. The first-order valence-corrected chi connectivity index (χ1v) is 12.4. The van der Waals surface area contributed by atoms with E-state index >= 15 is 0 Å². The molecule has 7 rings (SSSR count). The van der Waals surface area contributed by atoms with Gasteiger partial charge in [-0.05, 0) is 79.0 Å². The number of hydrogen-bond acceptors (Lipinski definition) is 0. The molecule has 1 unspecified atom stereocenters. The fourth-order valence-electron chi connectivity index (χ4n) is 6.08. The molecule has 0 bridgehead atoms. The van der Waals surface area contributed by atoms with E-state index in [-0.39, 0.29) is 0 Å². The van der Waals surface area contributed by atoms with Gasteiger partial charge in [0.15, 0.2) is 0 Å². The summed E-state index contributed by atoms with van der Waals surface area (Å²) in [5, 5.41) is 5.23. The van der Waals surface area contributed by atoms with E-state index in [0.717, 1.165) is 0 Å². The molecular weight excluding hydrogens is 420 g/mol. The Morgan fingerprint density at radius 2 is 0.943 bits per heavy atom. The van der Waals surface area contributed by atoms with Gasteiger partial charge in [-0.2, -0.15) is 0 Å². The molecule has 166 valence electrons. The van der Waals surface area contributed by atoms with Gasteiger partial charge >= 0.3 is 0 Å². The highest BCUT2D eigenvalue weighted by atomic mass is 14.3. The van der Waals surface area contributed by atoms with Gasteiger partial charge in [0.25, 0.3) is 0 Å². The highest BCUT2D eigenvalue weighted by Gasteiger charge is 2.26. The number of fused-ring (bicyclic) bond motifs is 5. The summed E-state index contributed by atoms with van der Waals surface area (Å²) >= 11 is 0. The van der Waals surface area contributed by atoms with Gasteiger partial charge in [-0.15, -0.1) is 0 Å². The summed E-state index contributed by atoms with van der Waals surface area (Å²) in [6.45, 7) is 4.49. The molecule has 1 aliphatic rings. The summed E-state index contributed by atoms with van der Waals surface area (Å²) in [5.41, 5.74) is 12.1. The van der Waals surface area contributed by atoms with Crippen molar-refractivity contribution in [3.05, 3.63) is 132 Å². The second-order valence-corrected chi connectivity index (χ2v) is 9.82. The molecule has 6 aromatic carbocycles. The number of benzene rings is 6. The van der Waals surface area contributed by atoms with Crippen LogP contribution in [0.2, 0.25) is 0 Å². The van der Waals surface area contributed by atoms with Gasteiger partial charge in [-0.3, -0.25) is 0 Å². The van der Waals surface area contributed by atoms with Crippen molar-refractivity contribution in [2.24, 2.45) is 0 Å². The van der Waals surface area contributed by atoms with Crippen molar-refractivity contribution in [3.63, 3.8) is 0 Å². The van der Waals surface area contributed by atoms with Crippen LogP contribution in [0.25, 0.3) is 54.9 Å². The molecule has 0 aromatic heterocycles. The van der Waals surface area contributed by atoms with E-state index in [9.17, 15) is 0 Å². The Hall–Kier alpha value is -4.16. The number of rotatable bonds is 2.